The molecule has 0 radical (unpaired) electrons. The highest BCUT2D eigenvalue weighted by molar-refractivity contribution is 5.94. The molecule has 0 spiro atoms. The number of aromatic nitrogens is 1. The van der Waals surface area contributed by atoms with Gasteiger partial charge in [-0.05, 0) is 48.6 Å². The Balaban J connectivity index is 1.54. The molecule has 27 heavy (non-hydrogen) atoms. The highest BCUT2D eigenvalue weighted by Gasteiger charge is 2.17. The van der Waals surface area contributed by atoms with Gasteiger partial charge in [0.05, 0.1) is 5.56 Å². The van der Waals surface area contributed by atoms with Crippen LogP contribution in [0.2, 0.25) is 0 Å². The zero-order chi connectivity index (χ0) is 19.2. The Morgan fingerprint density at radius 3 is 2.30 bits per heavy atom. The fourth-order valence-electron chi connectivity index (χ4n) is 3.15. The minimum Gasteiger partial charge on any atom is -0.357 e. The topological polar surface area (TPSA) is 74.3 Å². The van der Waals surface area contributed by atoms with E-state index in [1.54, 1.807) is 25.4 Å². The van der Waals surface area contributed by atoms with E-state index in [4.69, 9.17) is 0 Å². The monoisotopic (exact) mass is 366 g/mol. The van der Waals surface area contributed by atoms with E-state index in [0.29, 0.717) is 17.7 Å². The van der Waals surface area contributed by atoms with Crippen molar-refractivity contribution < 1.29 is 9.59 Å². The molecule has 0 atom stereocenters. The first-order chi connectivity index (χ1) is 13.1. The van der Waals surface area contributed by atoms with Crippen LogP contribution in [0.3, 0.4) is 0 Å². The van der Waals surface area contributed by atoms with Gasteiger partial charge < -0.3 is 15.5 Å². The number of carbonyl (C=O) groups is 2. The number of hydrogen-bond donors (Lipinski definition) is 2. The number of amides is 2. The van der Waals surface area contributed by atoms with Crippen LogP contribution < -0.4 is 15.5 Å². The van der Waals surface area contributed by atoms with E-state index in [0.717, 1.165) is 30.4 Å². The summed E-state index contributed by atoms with van der Waals surface area (Å²) in [6.45, 7) is 4.72. The summed E-state index contributed by atoms with van der Waals surface area (Å²) in [4.78, 5) is 30.6. The second-order valence-electron chi connectivity index (χ2n) is 7.03. The summed E-state index contributed by atoms with van der Waals surface area (Å²) in [6, 6.07) is 10.9. The lowest BCUT2D eigenvalue weighted by Crippen LogP contribution is -2.33. The van der Waals surface area contributed by atoms with Crippen molar-refractivity contribution in [2.24, 2.45) is 5.92 Å². The first-order valence-corrected chi connectivity index (χ1v) is 9.37. The summed E-state index contributed by atoms with van der Waals surface area (Å²) in [5.74, 6) is 1.43. The van der Waals surface area contributed by atoms with Gasteiger partial charge in [-0.2, -0.15) is 0 Å². The van der Waals surface area contributed by atoms with Gasteiger partial charge in [-0.3, -0.25) is 9.59 Å². The predicted molar refractivity (Wildman–Crippen MR) is 106 cm³/mol. The Hall–Kier alpha value is -2.89. The van der Waals surface area contributed by atoms with Crippen LogP contribution in [0.5, 0.6) is 0 Å². The summed E-state index contributed by atoms with van der Waals surface area (Å²) in [5, 5.41) is 5.47. The summed E-state index contributed by atoms with van der Waals surface area (Å²) in [6.07, 6.45) is 4.00. The van der Waals surface area contributed by atoms with Crippen LogP contribution in [0.25, 0.3) is 0 Å². The zero-order valence-electron chi connectivity index (χ0n) is 15.9. The van der Waals surface area contributed by atoms with E-state index < -0.39 is 0 Å². The van der Waals surface area contributed by atoms with Gasteiger partial charge >= 0.3 is 0 Å². The molecule has 1 aromatic heterocycles. The molecule has 2 heterocycles. The van der Waals surface area contributed by atoms with Crippen LogP contribution in [-0.4, -0.2) is 36.9 Å². The van der Waals surface area contributed by atoms with Crippen LogP contribution in [0.4, 0.5) is 5.82 Å². The lowest BCUT2D eigenvalue weighted by molar-refractivity contribution is 0.0945. The Morgan fingerprint density at radius 2 is 1.70 bits per heavy atom. The molecule has 1 aliphatic rings. The Bertz CT molecular complexity index is 779. The van der Waals surface area contributed by atoms with E-state index >= 15 is 0 Å². The quantitative estimate of drug-likeness (QED) is 0.853. The molecular weight excluding hydrogens is 340 g/mol. The van der Waals surface area contributed by atoms with Crippen molar-refractivity contribution in [1.29, 1.82) is 0 Å². The highest BCUT2D eigenvalue weighted by atomic mass is 16.2. The molecule has 0 unspecified atom stereocenters. The molecule has 0 saturated carbocycles. The van der Waals surface area contributed by atoms with E-state index in [9.17, 15) is 9.59 Å². The molecule has 1 aromatic carbocycles. The maximum atomic E-state index is 12.3. The number of piperidine rings is 1. The van der Waals surface area contributed by atoms with Gasteiger partial charge in [0, 0.05) is 38.4 Å². The number of nitrogens with one attached hydrogen (secondary N) is 2. The molecule has 6 nitrogen and oxygen atoms in total. The number of nitrogens with zero attached hydrogens (tertiary/aromatic N) is 2. The average Bonchev–Trinajstić information content (AvgIpc) is 2.72. The van der Waals surface area contributed by atoms with E-state index in [2.05, 4.69) is 27.4 Å². The smallest absolute Gasteiger partial charge is 0.253 e. The zero-order valence-corrected chi connectivity index (χ0v) is 15.9. The van der Waals surface area contributed by atoms with Crippen LogP contribution in [0, 0.1) is 5.92 Å². The number of hydrogen-bond acceptors (Lipinski definition) is 4. The maximum Gasteiger partial charge on any atom is 0.253 e. The number of pyridine rings is 1. The highest BCUT2D eigenvalue weighted by Crippen LogP contribution is 2.21. The van der Waals surface area contributed by atoms with Crippen molar-refractivity contribution >= 4 is 17.6 Å². The van der Waals surface area contributed by atoms with E-state index in [1.807, 2.05) is 24.3 Å². The Labute approximate surface area is 160 Å². The first kappa shape index (κ1) is 18.9. The van der Waals surface area contributed by atoms with Gasteiger partial charge in [-0.1, -0.05) is 19.1 Å². The van der Waals surface area contributed by atoms with E-state index in [1.165, 1.54) is 12.8 Å². The van der Waals surface area contributed by atoms with Crippen LogP contribution in [0.15, 0.2) is 42.6 Å². The lowest BCUT2D eigenvalue weighted by Gasteiger charge is -2.31. The Morgan fingerprint density at radius 1 is 1.04 bits per heavy atom. The van der Waals surface area contributed by atoms with Gasteiger partial charge in [0.25, 0.3) is 11.8 Å². The third-order valence-electron chi connectivity index (χ3n) is 5.01. The van der Waals surface area contributed by atoms with Gasteiger partial charge in [0.1, 0.15) is 5.82 Å². The minimum atomic E-state index is -0.156. The molecule has 2 N–H and O–H groups in total. The molecule has 142 valence electrons. The molecule has 2 aromatic rings. The first-order valence-electron chi connectivity index (χ1n) is 9.37. The largest absolute Gasteiger partial charge is 0.357 e. The molecule has 6 heteroatoms. The SMILES string of the molecule is CNC(=O)c1ccc(CNC(=O)c2ccc(N3CCC(C)CC3)nc2)cc1. The second-order valence-corrected chi connectivity index (χ2v) is 7.03. The summed E-state index contributed by atoms with van der Waals surface area (Å²) in [7, 11) is 1.60. The van der Waals surface area contributed by atoms with Gasteiger partial charge in [0.2, 0.25) is 0 Å². The van der Waals surface area contributed by atoms with E-state index in [-0.39, 0.29) is 11.8 Å². The third-order valence-corrected chi connectivity index (χ3v) is 5.01. The maximum absolute atomic E-state index is 12.3. The van der Waals surface area contributed by atoms with Crippen molar-refractivity contribution in [2.75, 3.05) is 25.0 Å². The van der Waals surface area contributed by atoms with Gasteiger partial charge in [-0.15, -0.1) is 0 Å². The van der Waals surface area contributed by atoms with Crippen LogP contribution in [0.1, 0.15) is 46.0 Å². The summed E-state index contributed by atoms with van der Waals surface area (Å²) < 4.78 is 0. The lowest BCUT2D eigenvalue weighted by atomic mass is 9.99. The average molecular weight is 366 g/mol. The fourth-order valence-corrected chi connectivity index (χ4v) is 3.15. The summed E-state index contributed by atoms with van der Waals surface area (Å²) >= 11 is 0. The Kier molecular flexibility index (Phi) is 6.06. The minimum absolute atomic E-state index is 0.125. The molecule has 1 fully saturated rings. The van der Waals surface area contributed by atoms with Crippen molar-refractivity contribution in [2.45, 2.75) is 26.3 Å². The van der Waals surface area contributed by atoms with Crippen LogP contribution in [-0.2, 0) is 6.54 Å². The van der Waals surface area contributed by atoms with Gasteiger partial charge in [-0.25, -0.2) is 4.98 Å². The normalized spacial score (nSPS) is 14.7. The molecule has 2 amide bonds. The van der Waals surface area contributed by atoms with Crippen molar-refractivity contribution in [3.8, 4) is 0 Å². The van der Waals surface area contributed by atoms with Crippen molar-refractivity contribution in [3.05, 3.63) is 59.3 Å². The predicted octanol–water partition coefficient (Wildman–Crippen LogP) is 2.61. The van der Waals surface area contributed by atoms with Gasteiger partial charge in [0.15, 0.2) is 0 Å². The summed E-state index contributed by atoms with van der Waals surface area (Å²) in [5.41, 5.74) is 2.08. The molecule has 0 aliphatic carbocycles. The number of rotatable bonds is 5. The molecule has 1 aliphatic heterocycles. The standard InChI is InChI=1S/C21H26N4O2/c1-15-9-11-25(12-10-15)19-8-7-18(14-23-19)21(27)24-13-16-3-5-17(6-4-16)20(26)22-2/h3-8,14-15H,9-13H2,1-2H3,(H,22,26)(H,24,27). The molecular formula is C21H26N4O2. The van der Waals surface area contributed by atoms with Crippen LogP contribution >= 0.6 is 0 Å². The van der Waals surface area contributed by atoms with Crippen molar-refractivity contribution in [3.63, 3.8) is 0 Å². The fraction of sp³-hybridized carbons (Fsp3) is 0.381. The molecule has 3 rings (SSSR count). The molecule has 1 saturated heterocycles. The number of carbonyl (C=O) groups excluding carboxylic acids is 2. The third kappa shape index (κ3) is 4.84. The number of benzene rings is 1. The second kappa shape index (κ2) is 8.66. The molecule has 0 bridgehead atoms. The number of anilines is 1. The van der Waals surface area contributed by atoms with Crippen molar-refractivity contribution in [1.82, 2.24) is 15.6 Å².